The smallest absolute Gasteiger partial charge is 0.232 e. The Kier molecular flexibility index (Phi) is 4.13. The van der Waals surface area contributed by atoms with E-state index >= 15 is 0 Å². The number of benzene rings is 1. The molecule has 22 heavy (non-hydrogen) atoms. The molecule has 1 amide bonds. The summed E-state index contributed by atoms with van der Waals surface area (Å²) < 4.78 is 7.55. The van der Waals surface area contributed by atoms with Crippen molar-refractivity contribution in [2.24, 2.45) is 5.92 Å². The van der Waals surface area contributed by atoms with Crippen molar-refractivity contribution < 1.29 is 9.53 Å². The summed E-state index contributed by atoms with van der Waals surface area (Å²) in [7, 11) is 0. The second-order valence-corrected chi connectivity index (χ2v) is 5.73. The number of para-hydroxylation sites is 1. The van der Waals surface area contributed by atoms with Crippen molar-refractivity contribution in [3.63, 3.8) is 0 Å². The van der Waals surface area contributed by atoms with E-state index in [9.17, 15) is 4.79 Å². The molecule has 3 rings (SSSR count). The van der Waals surface area contributed by atoms with E-state index < -0.39 is 0 Å². The van der Waals surface area contributed by atoms with Crippen molar-refractivity contribution in [2.45, 2.75) is 32.7 Å². The lowest BCUT2D eigenvalue weighted by atomic mass is 9.96. The Labute approximate surface area is 130 Å². The van der Waals surface area contributed by atoms with Crippen LogP contribution in [-0.4, -0.2) is 22.3 Å². The zero-order chi connectivity index (χ0) is 15.5. The standard InChI is InChI=1S/C17H21N3O2/c1-3-12(2)20-16(8-9-18-20)19-17(21)14-10-13-6-4-5-7-15(13)22-11-14/h4-9,12,14H,3,10-11H2,1-2H3,(H,19,21). The van der Waals surface area contributed by atoms with Gasteiger partial charge < -0.3 is 10.1 Å². The SMILES string of the molecule is CCC(C)n1nccc1NC(=O)C1COc2ccccc2C1. The molecule has 5 heteroatoms. The summed E-state index contributed by atoms with van der Waals surface area (Å²) in [4.78, 5) is 12.5. The Morgan fingerprint density at radius 2 is 2.27 bits per heavy atom. The minimum absolute atomic E-state index is 0.0143. The number of amides is 1. The molecule has 1 aliphatic heterocycles. The second kappa shape index (κ2) is 6.22. The van der Waals surface area contributed by atoms with E-state index in [-0.39, 0.29) is 17.9 Å². The van der Waals surface area contributed by atoms with Crippen LogP contribution in [0.2, 0.25) is 0 Å². The first-order valence-electron chi connectivity index (χ1n) is 7.74. The number of hydrogen-bond donors (Lipinski definition) is 1. The number of carbonyl (C=O) groups is 1. The Balaban J connectivity index is 1.70. The third-order valence-corrected chi connectivity index (χ3v) is 4.18. The fourth-order valence-corrected chi connectivity index (χ4v) is 2.66. The maximum Gasteiger partial charge on any atom is 0.232 e. The molecular formula is C17H21N3O2. The zero-order valence-electron chi connectivity index (χ0n) is 13.0. The number of anilines is 1. The van der Waals surface area contributed by atoms with E-state index in [1.807, 2.05) is 35.0 Å². The minimum Gasteiger partial charge on any atom is -0.492 e. The average Bonchev–Trinajstić information content (AvgIpc) is 3.01. The first-order chi connectivity index (χ1) is 10.7. The van der Waals surface area contributed by atoms with Gasteiger partial charge in [0.25, 0.3) is 0 Å². The summed E-state index contributed by atoms with van der Waals surface area (Å²) in [6, 6.07) is 9.97. The molecule has 0 spiro atoms. The number of nitrogens with one attached hydrogen (secondary N) is 1. The molecular weight excluding hydrogens is 278 g/mol. The molecule has 1 aliphatic rings. The van der Waals surface area contributed by atoms with Gasteiger partial charge in [-0.2, -0.15) is 5.10 Å². The van der Waals surface area contributed by atoms with Gasteiger partial charge >= 0.3 is 0 Å². The largest absolute Gasteiger partial charge is 0.492 e. The van der Waals surface area contributed by atoms with Gasteiger partial charge in [-0.1, -0.05) is 25.1 Å². The van der Waals surface area contributed by atoms with Gasteiger partial charge in [-0.3, -0.25) is 4.79 Å². The van der Waals surface area contributed by atoms with E-state index in [4.69, 9.17) is 4.74 Å². The summed E-state index contributed by atoms with van der Waals surface area (Å²) in [5.41, 5.74) is 1.09. The molecule has 0 radical (unpaired) electrons. The third kappa shape index (κ3) is 2.84. The topological polar surface area (TPSA) is 56.2 Å². The highest BCUT2D eigenvalue weighted by Gasteiger charge is 2.26. The van der Waals surface area contributed by atoms with Crippen LogP contribution in [0.15, 0.2) is 36.5 Å². The van der Waals surface area contributed by atoms with Crippen LogP contribution in [0.5, 0.6) is 5.75 Å². The molecule has 116 valence electrons. The number of hydrogen-bond acceptors (Lipinski definition) is 3. The highest BCUT2D eigenvalue weighted by Crippen LogP contribution is 2.27. The molecule has 0 saturated carbocycles. The van der Waals surface area contributed by atoms with Crippen LogP contribution in [0.3, 0.4) is 0 Å². The number of rotatable bonds is 4. The van der Waals surface area contributed by atoms with Crippen molar-refractivity contribution in [1.29, 1.82) is 0 Å². The number of carbonyl (C=O) groups excluding carboxylic acids is 1. The molecule has 1 aromatic heterocycles. The Morgan fingerprint density at radius 1 is 1.45 bits per heavy atom. The Hall–Kier alpha value is -2.30. The summed E-state index contributed by atoms with van der Waals surface area (Å²) >= 11 is 0. The van der Waals surface area contributed by atoms with E-state index in [1.54, 1.807) is 6.20 Å². The summed E-state index contributed by atoms with van der Waals surface area (Å²) in [6.07, 6.45) is 3.39. The van der Waals surface area contributed by atoms with Crippen LogP contribution in [0, 0.1) is 5.92 Å². The molecule has 5 nitrogen and oxygen atoms in total. The Morgan fingerprint density at radius 3 is 3.09 bits per heavy atom. The predicted octanol–water partition coefficient (Wildman–Crippen LogP) is 3.04. The molecule has 1 N–H and O–H groups in total. The second-order valence-electron chi connectivity index (χ2n) is 5.73. The number of fused-ring (bicyclic) bond motifs is 1. The summed E-state index contributed by atoms with van der Waals surface area (Å²) in [5.74, 6) is 1.45. The monoisotopic (exact) mass is 299 g/mol. The fourth-order valence-electron chi connectivity index (χ4n) is 2.66. The van der Waals surface area contributed by atoms with Gasteiger partial charge in [0.15, 0.2) is 0 Å². The molecule has 0 fully saturated rings. The maximum absolute atomic E-state index is 12.5. The summed E-state index contributed by atoms with van der Waals surface area (Å²) in [6.45, 7) is 4.60. The van der Waals surface area contributed by atoms with Crippen LogP contribution in [-0.2, 0) is 11.2 Å². The third-order valence-electron chi connectivity index (χ3n) is 4.18. The predicted molar refractivity (Wildman–Crippen MR) is 85.0 cm³/mol. The van der Waals surface area contributed by atoms with Crippen molar-refractivity contribution in [3.05, 3.63) is 42.1 Å². The lowest BCUT2D eigenvalue weighted by Crippen LogP contribution is -2.33. The van der Waals surface area contributed by atoms with Gasteiger partial charge in [0.1, 0.15) is 18.2 Å². The normalized spacial score (nSPS) is 18.2. The van der Waals surface area contributed by atoms with E-state index in [2.05, 4.69) is 24.3 Å². The molecule has 2 aromatic rings. The van der Waals surface area contributed by atoms with Crippen LogP contribution < -0.4 is 10.1 Å². The molecule has 0 saturated heterocycles. The number of ether oxygens (including phenoxy) is 1. The molecule has 2 atom stereocenters. The summed E-state index contributed by atoms with van der Waals surface area (Å²) in [5, 5.41) is 7.28. The van der Waals surface area contributed by atoms with E-state index in [0.29, 0.717) is 13.0 Å². The van der Waals surface area contributed by atoms with Gasteiger partial charge in [-0.05, 0) is 31.4 Å². The van der Waals surface area contributed by atoms with Crippen molar-refractivity contribution in [3.8, 4) is 5.75 Å². The van der Waals surface area contributed by atoms with Crippen molar-refractivity contribution in [2.75, 3.05) is 11.9 Å². The van der Waals surface area contributed by atoms with Crippen LogP contribution >= 0.6 is 0 Å². The highest BCUT2D eigenvalue weighted by atomic mass is 16.5. The van der Waals surface area contributed by atoms with E-state index in [0.717, 1.165) is 23.6 Å². The van der Waals surface area contributed by atoms with Gasteiger partial charge in [-0.25, -0.2) is 4.68 Å². The lowest BCUT2D eigenvalue weighted by Gasteiger charge is -2.24. The first-order valence-corrected chi connectivity index (χ1v) is 7.74. The van der Waals surface area contributed by atoms with Gasteiger partial charge in [0.2, 0.25) is 5.91 Å². The first kappa shape index (κ1) is 14.6. The molecule has 1 aromatic carbocycles. The molecule has 0 aliphatic carbocycles. The fraction of sp³-hybridized carbons (Fsp3) is 0.412. The minimum atomic E-state index is -0.171. The lowest BCUT2D eigenvalue weighted by molar-refractivity contribution is -0.121. The zero-order valence-corrected chi connectivity index (χ0v) is 13.0. The van der Waals surface area contributed by atoms with Gasteiger partial charge in [0, 0.05) is 6.07 Å². The Bertz CT molecular complexity index is 665. The molecule has 2 unspecified atom stereocenters. The van der Waals surface area contributed by atoms with Crippen molar-refractivity contribution >= 4 is 11.7 Å². The average molecular weight is 299 g/mol. The quantitative estimate of drug-likeness (QED) is 0.944. The van der Waals surface area contributed by atoms with Gasteiger partial charge in [0.05, 0.1) is 18.2 Å². The highest BCUT2D eigenvalue weighted by molar-refractivity contribution is 5.92. The number of aromatic nitrogens is 2. The van der Waals surface area contributed by atoms with Crippen LogP contribution in [0.1, 0.15) is 31.9 Å². The maximum atomic E-state index is 12.5. The molecule has 0 bridgehead atoms. The van der Waals surface area contributed by atoms with Crippen molar-refractivity contribution in [1.82, 2.24) is 9.78 Å². The van der Waals surface area contributed by atoms with Gasteiger partial charge in [-0.15, -0.1) is 0 Å². The number of nitrogens with zero attached hydrogens (tertiary/aromatic N) is 2. The van der Waals surface area contributed by atoms with Crippen LogP contribution in [0.4, 0.5) is 5.82 Å². The molecule has 2 heterocycles. The van der Waals surface area contributed by atoms with E-state index in [1.165, 1.54) is 0 Å². The van der Waals surface area contributed by atoms with Crippen LogP contribution in [0.25, 0.3) is 0 Å².